The zero-order chi connectivity index (χ0) is 54.8. The number of hydrogen-bond acceptors (Lipinski definition) is 14. The standard InChI is InChI=1S/C32H37N5O10S.2C11H6F2N.Ir/c1-36(26(39)10-4-2-3-5-11-29(42)47-37-27(40)14-15-28(37)41)19-7-9-25(38)24(20-48(44,45)46)35-32(43)23-16-18-34-31-22(23)13-12-21-8-6-17-33-30(21)31;2*12-8-4-5-9(10(13)7-8)11-3-1-2-6-14-11;/h6,8,12-13,16-18,24H,2-5,7,9-11,14-15,19-20H2,1H3,(H,35,43)(H,44,45,46);2*1-4,6-7H;/q;2*-1;/p-1. The molecule has 8 rings (SSSR count). The van der Waals surface area contributed by atoms with Gasteiger partial charge in [0.15, 0.2) is 5.78 Å². The van der Waals surface area contributed by atoms with E-state index >= 15 is 0 Å². The van der Waals surface area contributed by atoms with Gasteiger partial charge in [0.05, 0.1) is 32.5 Å². The zero-order valence-electron chi connectivity index (χ0n) is 41.1. The molecule has 1 unspecified atom stereocenters. The summed E-state index contributed by atoms with van der Waals surface area (Å²) in [4.78, 5) is 96.5. The van der Waals surface area contributed by atoms with Gasteiger partial charge >= 0.3 is 5.97 Å². The molecule has 5 heterocycles. The van der Waals surface area contributed by atoms with E-state index in [-0.39, 0.29) is 87.8 Å². The van der Waals surface area contributed by atoms with Crippen LogP contribution in [0.4, 0.5) is 17.6 Å². The van der Waals surface area contributed by atoms with Crippen LogP contribution in [-0.2, 0) is 59.0 Å². The number of carbonyl (C=O) groups excluding carboxylic acids is 6. The fraction of sp³-hybridized carbons (Fsp3) is 0.259. The quantitative estimate of drug-likeness (QED) is 0.0203. The van der Waals surface area contributed by atoms with Crippen LogP contribution in [0.1, 0.15) is 74.6 Å². The van der Waals surface area contributed by atoms with Gasteiger partial charge in [-0.15, -0.1) is 29.3 Å². The minimum atomic E-state index is -4.88. The predicted octanol–water partition coefficient (Wildman–Crippen LogP) is 7.83. The molecule has 1 fully saturated rings. The number of hydroxylamine groups is 2. The Morgan fingerprint density at radius 3 is 1.84 bits per heavy atom. The number of rotatable bonds is 19. The molecule has 0 aliphatic carbocycles. The second-order valence-electron chi connectivity index (χ2n) is 17.0. The fourth-order valence-corrected chi connectivity index (χ4v) is 8.27. The van der Waals surface area contributed by atoms with Crippen LogP contribution in [0.5, 0.6) is 0 Å². The molecule has 4 aromatic heterocycles. The average molecular weight is 1260 g/mol. The normalized spacial score (nSPS) is 12.4. The molecule has 1 aliphatic rings. The van der Waals surface area contributed by atoms with E-state index in [4.69, 9.17) is 4.84 Å². The molecule has 0 bridgehead atoms. The number of hydrogen-bond donors (Lipinski definition) is 1. The minimum Gasteiger partial charge on any atom is -0.748 e. The number of amides is 4. The summed E-state index contributed by atoms with van der Waals surface area (Å²) in [5.41, 5.74) is 2.41. The summed E-state index contributed by atoms with van der Waals surface area (Å²) in [6, 6.07) is 25.9. The molecule has 0 spiro atoms. The predicted molar refractivity (Wildman–Crippen MR) is 266 cm³/mol. The van der Waals surface area contributed by atoms with Gasteiger partial charge in [0.1, 0.15) is 6.04 Å². The van der Waals surface area contributed by atoms with Crippen LogP contribution < -0.4 is 5.32 Å². The number of imide groups is 1. The van der Waals surface area contributed by atoms with Crippen molar-refractivity contribution in [3.63, 3.8) is 0 Å². The van der Waals surface area contributed by atoms with Crippen molar-refractivity contribution in [1.29, 1.82) is 0 Å². The summed E-state index contributed by atoms with van der Waals surface area (Å²) in [6.07, 6.45) is 8.66. The maximum atomic E-state index is 13.2. The van der Waals surface area contributed by atoms with Crippen molar-refractivity contribution in [1.82, 2.24) is 35.2 Å². The number of carbonyl (C=O) groups is 6. The fourth-order valence-electron chi connectivity index (χ4n) is 7.60. The third-order valence-electron chi connectivity index (χ3n) is 11.4. The molecule has 0 saturated carbocycles. The maximum absolute atomic E-state index is 13.2. The van der Waals surface area contributed by atoms with Gasteiger partial charge in [0, 0.05) is 125 Å². The van der Waals surface area contributed by atoms with Crippen LogP contribution in [-0.4, -0.2) is 104 Å². The Balaban J connectivity index is 0.000000302. The number of pyridine rings is 4. The van der Waals surface area contributed by atoms with Crippen LogP contribution in [0, 0.1) is 35.4 Å². The number of aromatic nitrogens is 4. The van der Waals surface area contributed by atoms with E-state index in [9.17, 15) is 59.3 Å². The second-order valence-corrected chi connectivity index (χ2v) is 18.5. The molecular weight excluding hydrogens is 1210 g/mol. The van der Waals surface area contributed by atoms with Crippen LogP contribution in [0.15, 0.2) is 116 Å². The van der Waals surface area contributed by atoms with Gasteiger partial charge in [0.25, 0.3) is 17.7 Å². The van der Waals surface area contributed by atoms with Crippen LogP contribution in [0.25, 0.3) is 44.3 Å². The Bertz CT molecular complexity index is 3230. The second kappa shape index (κ2) is 29.0. The van der Waals surface area contributed by atoms with Crippen molar-refractivity contribution in [2.45, 2.75) is 70.3 Å². The van der Waals surface area contributed by atoms with Crippen molar-refractivity contribution in [3.8, 4) is 22.5 Å². The smallest absolute Gasteiger partial charge is 0.333 e. The molecule has 1 saturated heterocycles. The minimum absolute atomic E-state index is 0. The van der Waals surface area contributed by atoms with Crippen molar-refractivity contribution in [3.05, 3.63) is 157 Å². The van der Waals surface area contributed by atoms with Gasteiger partial charge in [-0.3, -0.25) is 51.5 Å². The first-order valence-electron chi connectivity index (χ1n) is 23.6. The molecule has 77 heavy (non-hydrogen) atoms. The van der Waals surface area contributed by atoms with E-state index in [0.717, 1.165) is 29.7 Å². The number of halogens is 4. The first-order valence-corrected chi connectivity index (χ1v) is 25.2. The van der Waals surface area contributed by atoms with Crippen molar-refractivity contribution >= 4 is 67.3 Å². The molecule has 7 aromatic rings. The SMILES string of the molecule is CN(CCCC(=O)C(CS(=O)(=O)[O-])NC(=O)c1ccnc2c1ccc1cccnc12)C(=O)CCCCCCC(=O)ON1C(=O)CCC1=O.Fc1c[c-]c(-c2ccccn2)c(F)c1.Fc1c[c-]c(-c2ccccn2)c(F)c1.[Ir]. The Labute approximate surface area is 453 Å². The van der Waals surface area contributed by atoms with Gasteiger partial charge in [-0.05, 0) is 54.9 Å². The molecule has 1 atom stereocenters. The van der Waals surface area contributed by atoms with Crippen LogP contribution >= 0.6 is 0 Å². The van der Waals surface area contributed by atoms with E-state index in [1.165, 1.54) is 17.2 Å². The van der Waals surface area contributed by atoms with E-state index in [2.05, 4.69) is 37.4 Å². The number of nitrogens with zero attached hydrogens (tertiary/aromatic N) is 6. The first kappa shape index (κ1) is 60.1. The largest absolute Gasteiger partial charge is 0.748 e. The summed E-state index contributed by atoms with van der Waals surface area (Å²) in [5, 5.41) is 4.16. The summed E-state index contributed by atoms with van der Waals surface area (Å²) < 4.78 is 86.4. The third kappa shape index (κ3) is 17.9. The molecule has 17 nitrogen and oxygen atoms in total. The summed E-state index contributed by atoms with van der Waals surface area (Å²) in [7, 11) is -3.31. The average Bonchev–Trinajstić information content (AvgIpc) is 3.73. The van der Waals surface area contributed by atoms with Gasteiger partial charge in [-0.2, -0.15) is 0 Å². The van der Waals surface area contributed by atoms with E-state index in [1.807, 2.05) is 6.07 Å². The van der Waals surface area contributed by atoms with Crippen LogP contribution in [0.3, 0.4) is 0 Å². The van der Waals surface area contributed by atoms with Crippen molar-refractivity contribution in [2.24, 2.45) is 0 Å². The van der Waals surface area contributed by atoms with E-state index in [0.29, 0.717) is 58.6 Å². The first-order chi connectivity index (χ1) is 36.4. The topological polar surface area (TPSA) is 239 Å². The molecule has 4 amide bonds. The zero-order valence-corrected chi connectivity index (χ0v) is 44.3. The summed E-state index contributed by atoms with van der Waals surface area (Å²) in [5.74, 6) is -7.02. The number of fused-ring (bicyclic) bond motifs is 3. The molecule has 23 heteroatoms. The van der Waals surface area contributed by atoms with Gasteiger partial charge in [0.2, 0.25) is 5.91 Å². The number of Topliss-reactive ketones (excluding diaryl/α,β-unsaturated/α-hetero) is 1. The molecule has 1 aliphatic heterocycles. The number of benzene rings is 3. The van der Waals surface area contributed by atoms with Crippen LogP contribution in [0.2, 0.25) is 0 Å². The Kier molecular flexibility index (Phi) is 22.6. The van der Waals surface area contributed by atoms with Gasteiger partial charge in [-0.1, -0.05) is 78.6 Å². The molecule has 1 N–H and O–H groups in total. The summed E-state index contributed by atoms with van der Waals surface area (Å²) >= 11 is 0. The molecule has 405 valence electrons. The van der Waals surface area contributed by atoms with Gasteiger partial charge < -0.3 is 29.6 Å². The molecule has 3 aromatic carbocycles. The molecular formula is C54H48F4IrN7O10S-3. The Hall–Kier alpha value is -7.72. The Morgan fingerprint density at radius 2 is 1.29 bits per heavy atom. The maximum Gasteiger partial charge on any atom is 0.333 e. The monoisotopic (exact) mass is 1260 g/mol. The van der Waals surface area contributed by atoms with Gasteiger partial charge in [-0.25, -0.2) is 13.2 Å². The van der Waals surface area contributed by atoms with Crippen molar-refractivity contribution < 1.29 is 84.2 Å². The number of nitrogens with one attached hydrogen (secondary N) is 1. The third-order valence-corrected chi connectivity index (χ3v) is 12.2. The van der Waals surface area contributed by atoms with E-state index < -0.39 is 74.7 Å². The van der Waals surface area contributed by atoms with E-state index in [1.54, 1.807) is 80.2 Å². The summed E-state index contributed by atoms with van der Waals surface area (Å²) in [6.45, 7) is 0.185. The Morgan fingerprint density at radius 1 is 0.714 bits per heavy atom. The number of unbranched alkanes of at least 4 members (excludes halogenated alkanes) is 3. The number of ketones is 1. The van der Waals surface area contributed by atoms with Crippen molar-refractivity contribution in [2.75, 3.05) is 19.3 Å². The molecule has 1 radical (unpaired) electrons.